The molecule has 70 valence electrons. The van der Waals surface area contributed by atoms with Crippen LogP contribution in [0.1, 0.15) is 6.92 Å². The van der Waals surface area contributed by atoms with Crippen LogP contribution in [0.25, 0.3) is 0 Å². The third kappa shape index (κ3) is 1.98. The zero-order valence-electron chi connectivity index (χ0n) is 7.42. The normalized spacial score (nSPS) is 25.7. The van der Waals surface area contributed by atoms with Gasteiger partial charge in [0.2, 0.25) is 0 Å². The Balaban J connectivity index is 1.97. The Hall–Kier alpha value is -1.09. The molecule has 3 heteroatoms. The first kappa shape index (κ1) is 8.51. The summed E-state index contributed by atoms with van der Waals surface area (Å²) >= 11 is 0. The van der Waals surface area contributed by atoms with Crippen molar-refractivity contribution >= 4 is 0 Å². The van der Waals surface area contributed by atoms with E-state index >= 15 is 0 Å². The maximum atomic E-state index is 13.0. The SMILES string of the molecule is CC1(COc2ccccc2F)CO1. The lowest BCUT2D eigenvalue weighted by Crippen LogP contribution is -2.17. The summed E-state index contributed by atoms with van der Waals surface area (Å²) in [5.41, 5.74) is -0.192. The second-order valence-corrected chi connectivity index (χ2v) is 3.46. The first-order chi connectivity index (χ1) is 6.20. The summed E-state index contributed by atoms with van der Waals surface area (Å²) in [6.07, 6.45) is 0. The van der Waals surface area contributed by atoms with Gasteiger partial charge in [-0.3, -0.25) is 0 Å². The third-order valence-electron chi connectivity index (χ3n) is 2.01. The average molecular weight is 182 g/mol. The second-order valence-electron chi connectivity index (χ2n) is 3.46. The van der Waals surface area contributed by atoms with E-state index in [0.29, 0.717) is 19.0 Å². The summed E-state index contributed by atoms with van der Waals surface area (Å²) in [7, 11) is 0. The summed E-state index contributed by atoms with van der Waals surface area (Å²) in [4.78, 5) is 0. The molecule has 0 radical (unpaired) electrons. The molecular formula is C10H11FO2. The lowest BCUT2D eigenvalue weighted by atomic mass is 10.2. The van der Waals surface area contributed by atoms with Crippen molar-refractivity contribution in [3.8, 4) is 5.75 Å². The topological polar surface area (TPSA) is 21.8 Å². The fourth-order valence-corrected chi connectivity index (χ4v) is 0.999. The van der Waals surface area contributed by atoms with Gasteiger partial charge in [0.05, 0.1) is 6.61 Å². The summed E-state index contributed by atoms with van der Waals surface area (Å²) in [6, 6.07) is 6.37. The molecule has 1 heterocycles. The first-order valence-electron chi connectivity index (χ1n) is 4.21. The largest absolute Gasteiger partial charge is 0.487 e. The zero-order chi connectivity index (χ0) is 9.31. The number of hydrogen-bond acceptors (Lipinski definition) is 2. The van der Waals surface area contributed by atoms with E-state index in [1.54, 1.807) is 18.2 Å². The van der Waals surface area contributed by atoms with Gasteiger partial charge in [-0.2, -0.15) is 0 Å². The van der Waals surface area contributed by atoms with Crippen molar-refractivity contribution in [1.29, 1.82) is 0 Å². The number of benzene rings is 1. The molecule has 0 aliphatic carbocycles. The molecular weight excluding hydrogens is 171 g/mol. The van der Waals surface area contributed by atoms with Crippen LogP contribution in [0.5, 0.6) is 5.75 Å². The Morgan fingerprint density at radius 3 is 2.85 bits per heavy atom. The minimum Gasteiger partial charge on any atom is -0.487 e. The highest BCUT2D eigenvalue weighted by Crippen LogP contribution is 2.27. The van der Waals surface area contributed by atoms with Gasteiger partial charge >= 0.3 is 0 Å². The molecule has 2 rings (SSSR count). The minimum atomic E-state index is -0.327. The standard InChI is InChI=1S/C10H11FO2/c1-10(7-13-10)6-12-9-5-3-2-4-8(9)11/h2-5H,6-7H2,1H3. The van der Waals surface area contributed by atoms with E-state index in [1.165, 1.54) is 6.07 Å². The Morgan fingerprint density at radius 2 is 2.23 bits per heavy atom. The van der Waals surface area contributed by atoms with Crippen molar-refractivity contribution in [3.05, 3.63) is 30.1 Å². The number of hydrogen-bond donors (Lipinski definition) is 0. The third-order valence-corrected chi connectivity index (χ3v) is 2.01. The molecule has 1 aromatic rings. The van der Waals surface area contributed by atoms with Crippen molar-refractivity contribution in [3.63, 3.8) is 0 Å². The average Bonchev–Trinajstić information content (AvgIpc) is 2.83. The minimum absolute atomic E-state index is 0.192. The maximum absolute atomic E-state index is 13.0. The number of ether oxygens (including phenoxy) is 2. The van der Waals surface area contributed by atoms with Gasteiger partial charge in [0.15, 0.2) is 11.6 Å². The molecule has 13 heavy (non-hydrogen) atoms. The van der Waals surface area contributed by atoms with Gasteiger partial charge in [-0.05, 0) is 19.1 Å². The summed E-state index contributed by atoms with van der Waals surface area (Å²) < 4.78 is 23.4. The van der Waals surface area contributed by atoms with E-state index in [4.69, 9.17) is 9.47 Å². The van der Waals surface area contributed by atoms with Crippen LogP contribution >= 0.6 is 0 Å². The van der Waals surface area contributed by atoms with Crippen molar-refractivity contribution in [2.75, 3.05) is 13.2 Å². The van der Waals surface area contributed by atoms with Crippen LogP contribution < -0.4 is 4.74 Å². The fraction of sp³-hybridized carbons (Fsp3) is 0.400. The highest BCUT2D eigenvalue weighted by atomic mass is 19.1. The predicted molar refractivity (Wildman–Crippen MR) is 46.3 cm³/mol. The predicted octanol–water partition coefficient (Wildman–Crippen LogP) is 1.99. The number of epoxide rings is 1. The molecule has 0 amide bonds. The monoisotopic (exact) mass is 182 g/mol. The molecule has 1 aliphatic heterocycles. The second kappa shape index (κ2) is 3.00. The van der Waals surface area contributed by atoms with E-state index < -0.39 is 0 Å². The Labute approximate surface area is 76.3 Å². The van der Waals surface area contributed by atoms with Crippen LogP contribution in [-0.4, -0.2) is 18.8 Å². The van der Waals surface area contributed by atoms with Gasteiger partial charge < -0.3 is 9.47 Å². The van der Waals surface area contributed by atoms with Crippen molar-refractivity contribution in [2.45, 2.75) is 12.5 Å². The quantitative estimate of drug-likeness (QED) is 0.667. The molecule has 1 fully saturated rings. The lowest BCUT2D eigenvalue weighted by Gasteiger charge is -2.08. The molecule has 1 aliphatic rings. The van der Waals surface area contributed by atoms with Crippen molar-refractivity contribution < 1.29 is 13.9 Å². The molecule has 0 spiro atoms. The smallest absolute Gasteiger partial charge is 0.165 e. The number of halogens is 1. The Morgan fingerprint density at radius 1 is 1.54 bits per heavy atom. The molecule has 2 nitrogen and oxygen atoms in total. The van der Waals surface area contributed by atoms with E-state index in [2.05, 4.69) is 0 Å². The van der Waals surface area contributed by atoms with E-state index in [1.807, 2.05) is 6.92 Å². The van der Waals surface area contributed by atoms with Crippen LogP contribution in [0.3, 0.4) is 0 Å². The first-order valence-corrected chi connectivity index (χ1v) is 4.21. The van der Waals surface area contributed by atoms with Crippen molar-refractivity contribution in [1.82, 2.24) is 0 Å². The van der Waals surface area contributed by atoms with E-state index in [9.17, 15) is 4.39 Å². The molecule has 0 N–H and O–H groups in total. The van der Waals surface area contributed by atoms with Crippen molar-refractivity contribution in [2.24, 2.45) is 0 Å². The lowest BCUT2D eigenvalue weighted by molar-refractivity contribution is 0.197. The van der Waals surface area contributed by atoms with Gasteiger partial charge in [-0.25, -0.2) is 4.39 Å². The molecule has 0 bridgehead atoms. The highest BCUT2D eigenvalue weighted by molar-refractivity contribution is 5.23. The number of para-hydroxylation sites is 1. The van der Waals surface area contributed by atoms with Crippen LogP contribution in [0.15, 0.2) is 24.3 Å². The highest BCUT2D eigenvalue weighted by Gasteiger charge is 2.40. The van der Waals surface area contributed by atoms with Crippen LogP contribution in [-0.2, 0) is 4.74 Å². The Kier molecular flexibility index (Phi) is 1.96. The molecule has 0 saturated carbocycles. The van der Waals surface area contributed by atoms with Gasteiger partial charge in [-0.1, -0.05) is 12.1 Å². The molecule has 1 aromatic carbocycles. The molecule has 0 aromatic heterocycles. The van der Waals surface area contributed by atoms with E-state index in [0.717, 1.165) is 0 Å². The van der Waals surface area contributed by atoms with E-state index in [-0.39, 0.29) is 11.4 Å². The van der Waals surface area contributed by atoms with Crippen LogP contribution in [0.2, 0.25) is 0 Å². The van der Waals surface area contributed by atoms with Crippen LogP contribution in [0, 0.1) is 5.82 Å². The van der Waals surface area contributed by atoms with Gasteiger partial charge in [0.1, 0.15) is 12.2 Å². The summed E-state index contributed by atoms with van der Waals surface area (Å²) in [5, 5.41) is 0. The Bertz CT molecular complexity index is 308. The van der Waals surface area contributed by atoms with Gasteiger partial charge in [0, 0.05) is 0 Å². The van der Waals surface area contributed by atoms with Crippen LogP contribution in [0.4, 0.5) is 4.39 Å². The zero-order valence-corrected chi connectivity index (χ0v) is 7.42. The van der Waals surface area contributed by atoms with Gasteiger partial charge in [-0.15, -0.1) is 0 Å². The molecule has 1 saturated heterocycles. The molecule has 1 unspecified atom stereocenters. The summed E-state index contributed by atoms with van der Waals surface area (Å²) in [5.74, 6) is -0.0361. The molecule has 1 atom stereocenters. The summed E-state index contributed by atoms with van der Waals surface area (Å²) in [6.45, 7) is 3.04. The number of rotatable bonds is 3. The maximum Gasteiger partial charge on any atom is 0.165 e. The van der Waals surface area contributed by atoms with Gasteiger partial charge in [0.25, 0.3) is 0 Å². The fourth-order valence-electron chi connectivity index (χ4n) is 0.999.